The van der Waals surface area contributed by atoms with Gasteiger partial charge in [0.1, 0.15) is 0 Å². The van der Waals surface area contributed by atoms with Crippen LogP contribution in [0.3, 0.4) is 0 Å². The van der Waals surface area contributed by atoms with E-state index in [0.29, 0.717) is 29.8 Å². The van der Waals surface area contributed by atoms with Crippen molar-refractivity contribution in [2.75, 3.05) is 6.54 Å². The van der Waals surface area contributed by atoms with Gasteiger partial charge in [-0.25, -0.2) is 0 Å². The van der Waals surface area contributed by atoms with Crippen molar-refractivity contribution in [1.29, 1.82) is 0 Å². The lowest BCUT2D eigenvalue weighted by molar-refractivity contribution is -0.384. The number of benzene rings is 1. The van der Waals surface area contributed by atoms with Crippen molar-refractivity contribution in [3.8, 4) is 11.5 Å². The Balaban J connectivity index is 1.75. The summed E-state index contributed by atoms with van der Waals surface area (Å²) in [5.41, 5.74) is 1.50. The highest BCUT2D eigenvalue weighted by molar-refractivity contribution is 5.62. The molecule has 0 aliphatic heterocycles. The fraction of sp³-hybridized carbons (Fsp3) is 0.429. The lowest BCUT2D eigenvalue weighted by Crippen LogP contribution is -2.19. The number of hydrogen-bond acceptors (Lipinski definition) is 6. The van der Waals surface area contributed by atoms with E-state index < -0.39 is 4.92 Å². The lowest BCUT2D eigenvalue weighted by atomic mass is 10.1. The fourth-order valence-corrected chi connectivity index (χ4v) is 2.09. The highest BCUT2D eigenvalue weighted by atomic mass is 16.6. The number of nitro benzene ring substituents is 1. The summed E-state index contributed by atoms with van der Waals surface area (Å²) in [5.74, 6) is 0.877. The van der Waals surface area contributed by atoms with Crippen LogP contribution in [-0.2, 0) is 6.42 Å². The first-order valence-corrected chi connectivity index (χ1v) is 6.94. The van der Waals surface area contributed by atoms with Crippen LogP contribution in [0.4, 0.5) is 5.69 Å². The maximum absolute atomic E-state index is 10.8. The topological polar surface area (TPSA) is 94.1 Å². The number of aromatic nitrogens is 2. The van der Waals surface area contributed by atoms with Crippen molar-refractivity contribution in [1.82, 2.24) is 15.5 Å². The number of rotatable bonds is 6. The molecule has 2 aromatic rings. The first kappa shape index (κ1) is 13.7. The molecule has 0 unspecified atom stereocenters. The van der Waals surface area contributed by atoms with Crippen LogP contribution in [-0.4, -0.2) is 27.7 Å². The van der Waals surface area contributed by atoms with E-state index in [9.17, 15) is 10.1 Å². The Morgan fingerprint density at radius 3 is 2.95 bits per heavy atom. The molecule has 1 aliphatic carbocycles. The number of aryl methyl sites for hydroxylation is 1. The summed E-state index contributed by atoms with van der Waals surface area (Å²) in [5, 5.41) is 22.2. The SMILES string of the molecule is Cc1ccc([N+](=O)[O-])cc1-c1nnc(CCNC2CC2)o1. The second-order valence-electron chi connectivity index (χ2n) is 5.24. The van der Waals surface area contributed by atoms with E-state index in [1.807, 2.05) is 6.92 Å². The van der Waals surface area contributed by atoms with Gasteiger partial charge in [0.2, 0.25) is 11.8 Å². The average molecular weight is 288 g/mol. The standard InChI is InChI=1S/C14H16N4O3/c1-9-2-5-11(18(19)20)8-12(9)14-17-16-13(21-14)6-7-15-10-3-4-10/h2,5,8,10,15H,3-4,6-7H2,1H3. The van der Waals surface area contributed by atoms with Crippen molar-refractivity contribution in [2.24, 2.45) is 0 Å². The van der Waals surface area contributed by atoms with Crippen LogP contribution in [0.15, 0.2) is 22.6 Å². The van der Waals surface area contributed by atoms with Gasteiger partial charge in [-0.2, -0.15) is 0 Å². The van der Waals surface area contributed by atoms with Crippen molar-refractivity contribution < 1.29 is 9.34 Å². The molecule has 3 rings (SSSR count). The third-order valence-electron chi connectivity index (χ3n) is 3.48. The average Bonchev–Trinajstić information content (AvgIpc) is 3.16. The normalized spacial score (nSPS) is 14.3. The molecular weight excluding hydrogens is 272 g/mol. The Morgan fingerprint density at radius 2 is 2.24 bits per heavy atom. The van der Waals surface area contributed by atoms with Crippen LogP contribution in [0.1, 0.15) is 24.3 Å². The number of hydrogen-bond donors (Lipinski definition) is 1. The van der Waals surface area contributed by atoms with Crippen molar-refractivity contribution in [3.63, 3.8) is 0 Å². The molecule has 7 nitrogen and oxygen atoms in total. The van der Waals surface area contributed by atoms with Gasteiger partial charge in [-0.1, -0.05) is 6.07 Å². The van der Waals surface area contributed by atoms with Gasteiger partial charge in [-0.15, -0.1) is 10.2 Å². The molecular formula is C14H16N4O3. The third kappa shape index (κ3) is 3.25. The molecule has 1 aromatic heterocycles. The summed E-state index contributed by atoms with van der Waals surface area (Å²) in [6, 6.07) is 5.27. The van der Waals surface area contributed by atoms with Crippen LogP contribution >= 0.6 is 0 Å². The number of nitrogens with one attached hydrogen (secondary N) is 1. The zero-order valence-corrected chi connectivity index (χ0v) is 11.7. The van der Waals surface area contributed by atoms with E-state index in [1.165, 1.54) is 25.0 Å². The van der Waals surface area contributed by atoms with Gasteiger partial charge in [0.15, 0.2) is 0 Å². The quantitative estimate of drug-likeness (QED) is 0.647. The second kappa shape index (κ2) is 5.61. The third-order valence-corrected chi connectivity index (χ3v) is 3.48. The maximum atomic E-state index is 10.8. The fourth-order valence-electron chi connectivity index (χ4n) is 2.09. The van der Waals surface area contributed by atoms with Gasteiger partial charge in [-0.05, 0) is 25.3 Å². The predicted octanol–water partition coefficient (Wildman–Crippen LogP) is 2.25. The van der Waals surface area contributed by atoms with Gasteiger partial charge in [0.05, 0.1) is 4.92 Å². The van der Waals surface area contributed by atoms with E-state index in [2.05, 4.69) is 15.5 Å². The Hall–Kier alpha value is -2.28. The Bertz CT molecular complexity index is 664. The van der Waals surface area contributed by atoms with Gasteiger partial charge < -0.3 is 9.73 Å². The molecule has 7 heteroatoms. The highest BCUT2D eigenvalue weighted by Crippen LogP contribution is 2.26. The molecule has 0 spiro atoms. The van der Waals surface area contributed by atoms with Gasteiger partial charge in [-0.3, -0.25) is 10.1 Å². The Labute approximate surface area is 121 Å². The summed E-state index contributed by atoms with van der Waals surface area (Å²) < 4.78 is 5.60. The highest BCUT2D eigenvalue weighted by Gasteiger charge is 2.20. The largest absolute Gasteiger partial charge is 0.421 e. The molecule has 0 saturated heterocycles. The van der Waals surface area contributed by atoms with Crippen LogP contribution in [0, 0.1) is 17.0 Å². The molecule has 21 heavy (non-hydrogen) atoms. The first-order valence-electron chi connectivity index (χ1n) is 6.94. The predicted molar refractivity (Wildman–Crippen MR) is 75.9 cm³/mol. The summed E-state index contributed by atoms with van der Waals surface area (Å²) in [4.78, 5) is 10.4. The number of nitrogens with zero attached hydrogens (tertiary/aromatic N) is 3. The van der Waals surface area contributed by atoms with Crippen molar-refractivity contribution in [3.05, 3.63) is 39.8 Å². The second-order valence-corrected chi connectivity index (χ2v) is 5.24. The van der Waals surface area contributed by atoms with Crippen LogP contribution in [0.5, 0.6) is 0 Å². The summed E-state index contributed by atoms with van der Waals surface area (Å²) >= 11 is 0. The first-order chi connectivity index (χ1) is 10.1. The molecule has 1 saturated carbocycles. The molecule has 1 fully saturated rings. The minimum Gasteiger partial charge on any atom is -0.421 e. The molecule has 1 N–H and O–H groups in total. The van der Waals surface area contributed by atoms with Crippen molar-refractivity contribution >= 4 is 5.69 Å². The van der Waals surface area contributed by atoms with E-state index in [4.69, 9.17) is 4.42 Å². The summed E-state index contributed by atoms with van der Waals surface area (Å²) in [6.07, 6.45) is 3.14. The monoisotopic (exact) mass is 288 g/mol. The molecule has 0 atom stereocenters. The van der Waals surface area contributed by atoms with E-state index in [-0.39, 0.29) is 5.69 Å². The Morgan fingerprint density at radius 1 is 1.43 bits per heavy atom. The van der Waals surface area contributed by atoms with Gasteiger partial charge in [0, 0.05) is 36.7 Å². The number of non-ortho nitro benzene ring substituents is 1. The van der Waals surface area contributed by atoms with E-state index in [0.717, 1.165) is 12.1 Å². The van der Waals surface area contributed by atoms with Crippen LogP contribution in [0.2, 0.25) is 0 Å². The van der Waals surface area contributed by atoms with Gasteiger partial charge >= 0.3 is 0 Å². The molecule has 1 aliphatic rings. The molecule has 0 amide bonds. The van der Waals surface area contributed by atoms with Crippen LogP contribution < -0.4 is 5.32 Å². The van der Waals surface area contributed by atoms with E-state index >= 15 is 0 Å². The summed E-state index contributed by atoms with van der Waals surface area (Å²) in [6.45, 7) is 2.66. The molecule has 0 radical (unpaired) electrons. The minimum absolute atomic E-state index is 0.0192. The zero-order valence-electron chi connectivity index (χ0n) is 11.7. The molecule has 1 heterocycles. The summed E-state index contributed by atoms with van der Waals surface area (Å²) in [7, 11) is 0. The van der Waals surface area contributed by atoms with Crippen LogP contribution in [0.25, 0.3) is 11.5 Å². The van der Waals surface area contributed by atoms with E-state index in [1.54, 1.807) is 6.07 Å². The molecule has 0 bridgehead atoms. The number of nitro groups is 1. The minimum atomic E-state index is -0.431. The molecule has 110 valence electrons. The van der Waals surface area contributed by atoms with Crippen molar-refractivity contribution in [2.45, 2.75) is 32.2 Å². The maximum Gasteiger partial charge on any atom is 0.270 e. The van der Waals surface area contributed by atoms with Gasteiger partial charge in [0.25, 0.3) is 5.69 Å². The Kier molecular flexibility index (Phi) is 3.66. The smallest absolute Gasteiger partial charge is 0.270 e. The lowest BCUT2D eigenvalue weighted by Gasteiger charge is -2.01. The zero-order chi connectivity index (χ0) is 14.8. The molecule has 1 aromatic carbocycles.